The Bertz CT molecular complexity index is 1020. The molecule has 3 aromatic rings. The molecule has 0 spiro atoms. The zero-order chi connectivity index (χ0) is 19.0. The number of carbonyl (C=O) groups is 2. The molecule has 0 saturated heterocycles. The van der Waals surface area contributed by atoms with Crippen molar-refractivity contribution >= 4 is 17.5 Å². The van der Waals surface area contributed by atoms with Crippen LogP contribution in [-0.2, 0) is 24.2 Å². The van der Waals surface area contributed by atoms with E-state index < -0.39 is 5.91 Å². The van der Waals surface area contributed by atoms with E-state index in [4.69, 9.17) is 10.5 Å². The summed E-state index contributed by atoms with van der Waals surface area (Å²) in [5, 5.41) is 7.19. The lowest BCUT2D eigenvalue weighted by Gasteiger charge is -2.12. The van der Waals surface area contributed by atoms with Crippen molar-refractivity contribution in [3.8, 4) is 0 Å². The molecular weight excluding hydrogens is 346 g/mol. The highest BCUT2D eigenvalue weighted by Gasteiger charge is 2.26. The second-order valence-electron chi connectivity index (χ2n) is 6.53. The van der Waals surface area contributed by atoms with Gasteiger partial charge in [0.1, 0.15) is 5.69 Å². The minimum atomic E-state index is -0.675. The van der Waals surface area contributed by atoms with Crippen molar-refractivity contribution in [3.05, 3.63) is 64.6 Å². The number of rotatable bonds is 5. The van der Waals surface area contributed by atoms with Gasteiger partial charge in [-0.25, -0.2) is 9.50 Å². The molecule has 3 N–H and O–H groups in total. The molecule has 0 saturated carbocycles. The Kier molecular flexibility index (Phi) is 4.33. The maximum Gasteiger partial charge on any atom is 0.269 e. The summed E-state index contributed by atoms with van der Waals surface area (Å²) in [5.74, 6) is -0.934. The molecule has 1 aliphatic rings. The Balaban J connectivity index is 1.65. The first-order valence-corrected chi connectivity index (χ1v) is 8.61. The number of ether oxygens (including phenoxy) is 1. The SMILES string of the molecule is COCc1nc2c(C(=O)NC3Cc4ccccc4C3)ccnn2c1C(N)=O. The molecule has 0 aliphatic heterocycles. The summed E-state index contributed by atoms with van der Waals surface area (Å²) in [5.41, 5.74) is 9.07. The van der Waals surface area contributed by atoms with E-state index in [2.05, 4.69) is 27.5 Å². The highest BCUT2D eigenvalue weighted by atomic mass is 16.5. The van der Waals surface area contributed by atoms with Gasteiger partial charge in [0.05, 0.1) is 12.2 Å². The van der Waals surface area contributed by atoms with Gasteiger partial charge in [-0.3, -0.25) is 9.59 Å². The second-order valence-corrected chi connectivity index (χ2v) is 6.53. The number of fused-ring (bicyclic) bond motifs is 2. The first-order valence-electron chi connectivity index (χ1n) is 8.61. The van der Waals surface area contributed by atoms with Gasteiger partial charge in [0.15, 0.2) is 11.3 Å². The van der Waals surface area contributed by atoms with E-state index in [1.54, 1.807) is 6.07 Å². The zero-order valence-corrected chi connectivity index (χ0v) is 14.8. The summed E-state index contributed by atoms with van der Waals surface area (Å²) in [4.78, 5) is 29.1. The summed E-state index contributed by atoms with van der Waals surface area (Å²) in [6.07, 6.45) is 3.04. The third-order valence-corrected chi connectivity index (χ3v) is 4.74. The molecule has 8 heteroatoms. The quantitative estimate of drug-likeness (QED) is 0.697. The van der Waals surface area contributed by atoms with Crippen LogP contribution in [0.3, 0.4) is 0 Å². The van der Waals surface area contributed by atoms with Crippen LogP contribution in [0, 0.1) is 0 Å². The minimum Gasteiger partial charge on any atom is -0.378 e. The molecule has 2 amide bonds. The summed E-state index contributed by atoms with van der Waals surface area (Å²) in [6.45, 7) is 0.0978. The van der Waals surface area contributed by atoms with Gasteiger partial charge in [0.2, 0.25) is 0 Å². The Morgan fingerprint density at radius 2 is 1.96 bits per heavy atom. The van der Waals surface area contributed by atoms with Crippen LogP contribution in [0.5, 0.6) is 0 Å². The lowest BCUT2D eigenvalue weighted by molar-refractivity contribution is 0.0937. The number of hydrogen-bond acceptors (Lipinski definition) is 5. The summed E-state index contributed by atoms with van der Waals surface area (Å²) in [6, 6.07) is 9.77. The first kappa shape index (κ1) is 17.2. The molecule has 1 aliphatic carbocycles. The van der Waals surface area contributed by atoms with E-state index >= 15 is 0 Å². The van der Waals surface area contributed by atoms with Crippen LogP contribution in [0.1, 0.15) is 37.7 Å². The van der Waals surface area contributed by atoms with Crippen molar-refractivity contribution in [2.24, 2.45) is 5.73 Å². The monoisotopic (exact) mass is 365 g/mol. The van der Waals surface area contributed by atoms with Crippen LogP contribution < -0.4 is 11.1 Å². The number of nitrogens with two attached hydrogens (primary N) is 1. The number of nitrogens with one attached hydrogen (secondary N) is 1. The standard InChI is InChI=1S/C19H19N5O3/c1-27-10-15-16(17(20)25)24-18(23-15)14(6-7-21-24)19(26)22-13-8-11-4-2-3-5-12(11)9-13/h2-7,13H,8-10H2,1H3,(H2,20,25)(H,22,26). The lowest BCUT2D eigenvalue weighted by Crippen LogP contribution is -2.35. The van der Waals surface area contributed by atoms with Crippen LogP contribution in [0.2, 0.25) is 0 Å². The molecular formula is C19H19N5O3. The van der Waals surface area contributed by atoms with Gasteiger partial charge >= 0.3 is 0 Å². The normalized spacial score (nSPS) is 13.7. The van der Waals surface area contributed by atoms with E-state index in [1.165, 1.54) is 28.9 Å². The number of carbonyl (C=O) groups excluding carboxylic acids is 2. The van der Waals surface area contributed by atoms with Crippen molar-refractivity contribution in [3.63, 3.8) is 0 Å². The Hall–Kier alpha value is -3.26. The summed E-state index contributed by atoms with van der Waals surface area (Å²) < 4.78 is 6.38. The van der Waals surface area contributed by atoms with E-state index in [0.717, 1.165) is 12.8 Å². The molecule has 0 fully saturated rings. The Labute approximate surface area is 155 Å². The molecule has 1 aromatic carbocycles. The van der Waals surface area contributed by atoms with Gasteiger partial charge in [0, 0.05) is 19.3 Å². The third-order valence-electron chi connectivity index (χ3n) is 4.74. The fourth-order valence-electron chi connectivity index (χ4n) is 3.58. The van der Waals surface area contributed by atoms with Crippen molar-refractivity contribution in [2.45, 2.75) is 25.5 Å². The highest BCUT2D eigenvalue weighted by Crippen LogP contribution is 2.22. The van der Waals surface area contributed by atoms with Gasteiger partial charge in [-0.1, -0.05) is 24.3 Å². The van der Waals surface area contributed by atoms with Gasteiger partial charge < -0.3 is 15.8 Å². The topological polar surface area (TPSA) is 112 Å². The first-order chi connectivity index (χ1) is 13.1. The summed E-state index contributed by atoms with van der Waals surface area (Å²) >= 11 is 0. The van der Waals surface area contributed by atoms with Gasteiger partial charge in [-0.2, -0.15) is 5.10 Å². The number of amides is 2. The third kappa shape index (κ3) is 3.04. The second kappa shape index (κ2) is 6.81. The van der Waals surface area contributed by atoms with Crippen LogP contribution >= 0.6 is 0 Å². The van der Waals surface area contributed by atoms with E-state index in [-0.39, 0.29) is 29.9 Å². The average Bonchev–Trinajstić information content (AvgIpc) is 3.21. The van der Waals surface area contributed by atoms with Crippen LogP contribution in [0.25, 0.3) is 5.65 Å². The molecule has 27 heavy (non-hydrogen) atoms. The number of imidazole rings is 1. The predicted octanol–water partition coefficient (Wildman–Crippen LogP) is 0.872. The number of aromatic nitrogens is 3. The smallest absolute Gasteiger partial charge is 0.269 e. The van der Waals surface area contributed by atoms with Crippen LogP contribution in [-0.4, -0.2) is 39.6 Å². The van der Waals surface area contributed by atoms with E-state index in [1.807, 2.05) is 12.1 Å². The summed E-state index contributed by atoms with van der Waals surface area (Å²) in [7, 11) is 1.49. The molecule has 8 nitrogen and oxygen atoms in total. The minimum absolute atomic E-state index is 0.0205. The van der Waals surface area contributed by atoms with Crippen molar-refractivity contribution in [2.75, 3.05) is 7.11 Å². The Morgan fingerprint density at radius 3 is 2.59 bits per heavy atom. The molecule has 0 atom stereocenters. The highest BCUT2D eigenvalue weighted by molar-refractivity contribution is 6.01. The number of methoxy groups -OCH3 is 1. The number of primary amides is 1. The van der Waals surface area contributed by atoms with Gasteiger partial charge in [-0.05, 0) is 30.0 Å². The fraction of sp³-hybridized carbons (Fsp3) is 0.263. The van der Waals surface area contributed by atoms with E-state index in [0.29, 0.717) is 11.3 Å². The van der Waals surface area contributed by atoms with Gasteiger partial charge in [0.25, 0.3) is 11.8 Å². The predicted molar refractivity (Wildman–Crippen MR) is 97.3 cm³/mol. The molecule has 0 unspecified atom stereocenters. The average molecular weight is 365 g/mol. The van der Waals surface area contributed by atoms with Crippen molar-refractivity contribution in [1.82, 2.24) is 19.9 Å². The zero-order valence-electron chi connectivity index (χ0n) is 14.8. The molecule has 0 radical (unpaired) electrons. The Morgan fingerprint density at radius 1 is 1.26 bits per heavy atom. The number of benzene rings is 1. The molecule has 2 heterocycles. The number of nitrogens with zero attached hydrogens (tertiary/aromatic N) is 3. The molecule has 0 bridgehead atoms. The van der Waals surface area contributed by atoms with Crippen molar-refractivity contribution < 1.29 is 14.3 Å². The van der Waals surface area contributed by atoms with E-state index in [9.17, 15) is 9.59 Å². The lowest BCUT2D eigenvalue weighted by atomic mass is 10.1. The fourth-order valence-corrected chi connectivity index (χ4v) is 3.58. The number of hydrogen-bond donors (Lipinski definition) is 2. The molecule has 4 rings (SSSR count). The maximum atomic E-state index is 12.9. The largest absolute Gasteiger partial charge is 0.378 e. The van der Waals surface area contributed by atoms with Crippen LogP contribution in [0.4, 0.5) is 0 Å². The molecule has 2 aromatic heterocycles. The van der Waals surface area contributed by atoms with Crippen LogP contribution in [0.15, 0.2) is 36.5 Å². The van der Waals surface area contributed by atoms with Crippen molar-refractivity contribution in [1.29, 1.82) is 0 Å². The maximum absolute atomic E-state index is 12.9. The van der Waals surface area contributed by atoms with Gasteiger partial charge in [-0.15, -0.1) is 0 Å². The molecule has 138 valence electrons.